The van der Waals surface area contributed by atoms with Gasteiger partial charge in [-0.1, -0.05) is 79.0 Å². The molecule has 0 amide bonds. The second-order valence-electron chi connectivity index (χ2n) is 5.67. The second kappa shape index (κ2) is 5.21. The van der Waals surface area contributed by atoms with Gasteiger partial charge < -0.3 is 0 Å². The number of rotatable bonds is 0. The van der Waals surface area contributed by atoms with E-state index in [0.29, 0.717) is 5.92 Å². The first kappa shape index (κ1) is 12.4. The zero-order valence-electron chi connectivity index (χ0n) is 12.0. The lowest BCUT2D eigenvalue weighted by Crippen LogP contribution is -2.04. The van der Waals surface area contributed by atoms with Crippen molar-refractivity contribution in [1.82, 2.24) is 0 Å². The molecule has 0 aromatic rings. The van der Waals surface area contributed by atoms with E-state index in [1.165, 1.54) is 27.9 Å². The van der Waals surface area contributed by atoms with Gasteiger partial charge in [-0.25, -0.2) is 0 Å². The summed E-state index contributed by atoms with van der Waals surface area (Å²) in [7, 11) is 0. The van der Waals surface area contributed by atoms with E-state index >= 15 is 0 Å². The molecule has 4 aliphatic rings. The average molecular weight is 270 g/mol. The molecule has 0 heteroatoms. The van der Waals surface area contributed by atoms with Gasteiger partial charge in [0.25, 0.3) is 0 Å². The maximum absolute atomic E-state index is 2.39. The molecule has 1 unspecified atom stereocenters. The predicted molar refractivity (Wildman–Crippen MR) is 89.7 cm³/mol. The van der Waals surface area contributed by atoms with Crippen LogP contribution < -0.4 is 0 Å². The van der Waals surface area contributed by atoms with Gasteiger partial charge in [-0.15, -0.1) is 0 Å². The van der Waals surface area contributed by atoms with Crippen molar-refractivity contribution in [2.75, 3.05) is 0 Å². The van der Waals surface area contributed by atoms with Crippen molar-refractivity contribution in [2.45, 2.75) is 12.8 Å². The summed E-state index contributed by atoms with van der Waals surface area (Å²) in [5, 5.41) is 0. The first-order valence-electron chi connectivity index (χ1n) is 7.64. The summed E-state index contributed by atoms with van der Waals surface area (Å²) in [4.78, 5) is 0. The molecule has 0 radical (unpaired) electrons. The van der Waals surface area contributed by atoms with Gasteiger partial charge in [0.05, 0.1) is 0 Å². The Labute approximate surface area is 126 Å². The Morgan fingerprint density at radius 3 is 2.67 bits per heavy atom. The highest BCUT2D eigenvalue weighted by molar-refractivity contribution is 5.69. The summed E-state index contributed by atoms with van der Waals surface area (Å²) < 4.78 is 0. The SMILES string of the molecule is C1=CCC2=C(C=C1)C1=C3C(=C\C=C/C=C\1)/C=C\C/C=C\C23. The van der Waals surface area contributed by atoms with Crippen LogP contribution in [-0.2, 0) is 0 Å². The topological polar surface area (TPSA) is 0 Å². The van der Waals surface area contributed by atoms with Crippen LogP contribution in [0.1, 0.15) is 12.8 Å². The summed E-state index contributed by atoms with van der Waals surface area (Å²) in [5.41, 5.74) is 7.16. The van der Waals surface area contributed by atoms with Gasteiger partial charge in [-0.3, -0.25) is 0 Å². The van der Waals surface area contributed by atoms with Crippen molar-refractivity contribution in [3.63, 3.8) is 0 Å². The second-order valence-corrected chi connectivity index (χ2v) is 5.67. The molecule has 0 aromatic carbocycles. The minimum Gasteiger partial charge on any atom is -0.0838 e. The zero-order chi connectivity index (χ0) is 14.1. The molecule has 0 bridgehead atoms. The molecule has 0 fully saturated rings. The highest BCUT2D eigenvalue weighted by Crippen LogP contribution is 2.46. The van der Waals surface area contributed by atoms with Crippen LogP contribution in [0, 0.1) is 5.92 Å². The third kappa shape index (κ3) is 2.08. The molecule has 4 rings (SSSR count). The Morgan fingerprint density at radius 2 is 1.67 bits per heavy atom. The lowest BCUT2D eigenvalue weighted by molar-refractivity contribution is 0.885. The molecule has 4 aliphatic carbocycles. The van der Waals surface area contributed by atoms with Crippen molar-refractivity contribution in [1.29, 1.82) is 0 Å². The fourth-order valence-corrected chi connectivity index (χ4v) is 3.51. The molecule has 0 N–H and O–H groups in total. The molecule has 0 heterocycles. The number of hydrogen-bond acceptors (Lipinski definition) is 0. The molecular formula is C21H18. The van der Waals surface area contributed by atoms with Crippen molar-refractivity contribution >= 4 is 0 Å². The highest BCUT2D eigenvalue weighted by atomic mass is 14.3. The number of fused-ring (bicyclic) bond motifs is 2. The van der Waals surface area contributed by atoms with Crippen LogP contribution in [0.5, 0.6) is 0 Å². The molecule has 0 spiro atoms. The van der Waals surface area contributed by atoms with Crippen LogP contribution >= 0.6 is 0 Å². The quantitative estimate of drug-likeness (QED) is 0.524. The van der Waals surface area contributed by atoms with Crippen molar-refractivity contribution in [3.05, 3.63) is 107 Å². The summed E-state index contributed by atoms with van der Waals surface area (Å²) in [6.07, 6.45) is 31.1. The monoisotopic (exact) mass is 270 g/mol. The van der Waals surface area contributed by atoms with Crippen LogP contribution in [0.25, 0.3) is 0 Å². The van der Waals surface area contributed by atoms with Crippen LogP contribution in [-0.4, -0.2) is 0 Å². The minimum absolute atomic E-state index is 0.426. The Balaban J connectivity index is 1.96. The van der Waals surface area contributed by atoms with Crippen LogP contribution in [0.2, 0.25) is 0 Å². The van der Waals surface area contributed by atoms with E-state index in [4.69, 9.17) is 0 Å². The summed E-state index contributed by atoms with van der Waals surface area (Å²) in [6.45, 7) is 0. The van der Waals surface area contributed by atoms with E-state index in [2.05, 4.69) is 79.0 Å². The maximum Gasteiger partial charge on any atom is 0.0252 e. The Hall–Kier alpha value is -2.34. The van der Waals surface area contributed by atoms with Crippen molar-refractivity contribution in [2.24, 2.45) is 5.92 Å². The molecule has 21 heavy (non-hydrogen) atoms. The third-order valence-electron chi connectivity index (χ3n) is 4.43. The van der Waals surface area contributed by atoms with Crippen molar-refractivity contribution < 1.29 is 0 Å². The molecular weight excluding hydrogens is 252 g/mol. The first-order valence-corrected chi connectivity index (χ1v) is 7.64. The van der Waals surface area contributed by atoms with E-state index in [-0.39, 0.29) is 0 Å². The van der Waals surface area contributed by atoms with Gasteiger partial charge in [-0.2, -0.15) is 0 Å². The van der Waals surface area contributed by atoms with E-state index in [0.717, 1.165) is 12.8 Å². The largest absolute Gasteiger partial charge is 0.0838 e. The minimum atomic E-state index is 0.426. The molecule has 102 valence electrons. The normalized spacial score (nSPS) is 34.5. The van der Waals surface area contributed by atoms with Gasteiger partial charge in [0.1, 0.15) is 0 Å². The lowest BCUT2D eigenvalue weighted by Gasteiger charge is -2.18. The number of hydrogen-bond donors (Lipinski definition) is 0. The van der Waals surface area contributed by atoms with Gasteiger partial charge in [0.15, 0.2) is 0 Å². The maximum atomic E-state index is 2.39. The van der Waals surface area contributed by atoms with Crippen molar-refractivity contribution in [3.8, 4) is 0 Å². The summed E-state index contributed by atoms with van der Waals surface area (Å²) in [5.74, 6) is 0.426. The fraction of sp³-hybridized carbons (Fsp3) is 0.143. The van der Waals surface area contributed by atoms with E-state index in [9.17, 15) is 0 Å². The molecule has 0 aliphatic heterocycles. The molecule has 0 saturated heterocycles. The summed E-state index contributed by atoms with van der Waals surface area (Å²) in [6, 6.07) is 0. The molecule has 0 saturated carbocycles. The Morgan fingerprint density at radius 1 is 0.762 bits per heavy atom. The zero-order valence-corrected chi connectivity index (χ0v) is 12.0. The Bertz CT molecular complexity index is 737. The summed E-state index contributed by atoms with van der Waals surface area (Å²) >= 11 is 0. The third-order valence-corrected chi connectivity index (χ3v) is 4.43. The molecule has 1 atom stereocenters. The van der Waals surface area contributed by atoms with Crippen LogP contribution in [0.4, 0.5) is 0 Å². The first-order chi connectivity index (χ1) is 10.4. The lowest BCUT2D eigenvalue weighted by atomic mass is 9.85. The highest BCUT2D eigenvalue weighted by Gasteiger charge is 2.31. The Kier molecular flexibility index (Phi) is 3.08. The van der Waals surface area contributed by atoms with E-state index < -0.39 is 0 Å². The van der Waals surface area contributed by atoms with Gasteiger partial charge in [-0.05, 0) is 40.7 Å². The number of allylic oxidation sites excluding steroid dienone is 18. The van der Waals surface area contributed by atoms with E-state index in [1.54, 1.807) is 0 Å². The van der Waals surface area contributed by atoms with E-state index in [1.807, 2.05) is 0 Å². The molecule has 0 nitrogen and oxygen atoms in total. The van der Waals surface area contributed by atoms with Crippen LogP contribution in [0.15, 0.2) is 107 Å². The predicted octanol–water partition coefficient (Wildman–Crippen LogP) is 5.29. The van der Waals surface area contributed by atoms with Gasteiger partial charge in [0, 0.05) is 5.92 Å². The van der Waals surface area contributed by atoms with Gasteiger partial charge in [0.2, 0.25) is 0 Å². The van der Waals surface area contributed by atoms with Gasteiger partial charge >= 0.3 is 0 Å². The standard InChI is InChI=1S/C21H18/c1-4-10-16-11-5-2-9-15-20-18-13-7-3-6-12-17(18)19(14-8-1)21(16)20/h1,3-12,14-15,20H,2,13H2/b4-1-,8-1?,10-4?,11-5-,14-8-,15-9-,16-10-,19-14?,21-16?. The smallest absolute Gasteiger partial charge is 0.0252 e. The van der Waals surface area contributed by atoms with Crippen LogP contribution in [0.3, 0.4) is 0 Å². The average Bonchev–Trinajstić information content (AvgIpc) is 2.63. The molecule has 0 aromatic heterocycles. The fourth-order valence-electron chi connectivity index (χ4n) is 3.51.